The highest BCUT2D eigenvalue weighted by Gasteiger charge is 2.13. The SMILES string of the molecule is CC(CC(N)=NO)NC(=O)c1ccc(F)c(F)c1. The zero-order valence-electron chi connectivity index (χ0n) is 9.65. The Morgan fingerprint density at radius 1 is 1.50 bits per heavy atom. The Labute approximate surface area is 102 Å². The molecule has 0 aliphatic carbocycles. The van der Waals surface area contributed by atoms with Crippen LogP contribution in [0.2, 0.25) is 0 Å². The van der Waals surface area contributed by atoms with E-state index in [2.05, 4.69) is 10.5 Å². The van der Waals surface area contributed by atoms with E-state index in [1.54, 1.807) is 6.92 Å². The molecule has 1 unspecified atom stereocenters. The van der Waals surface area contributed by atoms with Crippen molar-refractivity contribution in [3.63, 3.8) is 0 Å². The number of nitrogens with two attached hydrogens (primary N) is 1. The number of amides is 1. The lowest BCUT2D eigenvalue weighted by atomic mass is 10.1. The molecular formula is C11H13F2N3O2. The predicted octanol–water partition coefficient (Wildman–Crippen LogP) is 1.22. The van der Waals surface area contributed by atoms with Crippen LogP contribution in [-0.2, 0) is 0 Å². The number of benzene rings is 1. The molecule has 0 heterocycles. The molecule has 0 aliphatic heterocycles. The highest BCUT2D eigenvalue weighted by Crippen LogP contribution is 2.09. The maximum atomic E-state index is 12.9. The van der Waals surface area contributed by atoms with Gasteiger partial charge in [-0.15, -0.1) is 0 Å². The van der Waals surface area contributed by atoms with Gasteiger partial charge in [-0.3, -0.25) is 4.79 Å². The Bertz CT molecular complexity index is 477. The molecule has 0 aromatic heterocycles. The van der Waals surface area contributed by atoms with E-state index in [1.807, 2.05) is 0 Å². The number of rotatable bonds is 4. The van der Waals surface area contributed by atoms with Crippen LogP contribution in [0.15, 0.2) is 23.4 Å². The first kappa shape index (κ1) is 13.9. The van der Waals surface area contributed by atoms with E-state index in [0.717, 1.165) is 12.1 Å². The summed E-state index contributed by atoms with van der Waals surface area (Å²) in [5.74, 6) is -2.71. The first-order valence-electron chi connectivity index (χ1n) is 5.16. The van der Waals surface area contributed by atoms with Crippen molar-refractivity contribution in [3.8, 4) is 0 Å². The Balaban J connectivity index is 2.67. The van der Waals surface area contributed by atoms with Gasteiger partial charge in [0.15, 0.2) is 11.6 Å². The largest absolute Gasteiger partial charge is 0.409 e. The first-order chi connectivity index (χ1) is 8.43. The molecule has 1 rings (SSSR count). The predicted molar refractivity (Wildman–Crippen MR) is 61.3 cm³/mol. The molecule has 5 nitrogen and oxygen atoms in total. The van der Waals surface area contributed by atoms with E-state index in [4.69, 9.17) is 10.9 Å². The molecule has 0 fully saturated rings. The van der Waals surface area contributed by atoms with Gasteiger partial charge in [-0.05, 0) is 25.1 Å². The first-order valence-corrected chi connectivity index (χ1v) is 5.16. The van der Waals surface area contributed by atoms with Crippen molar-refractivity contribution in [3.05, 3.63) is 35.4 Å². The maximum absolute atomic E-state index is 12.9. The minimum absolute atomic E-state index is 0.000240. The lowest BCUT2D eigenvalue weighted by Gasteiger charge is -2.12. The minimum Gasteiger partial charge on any atom is -0.409 e. The van der Waals surface area contributed by atoms with Gasteiger partial charge in [-0.2, -0.15) is 0 Å². The van der Waals surface area contributed by atoms with Crippen molar-refractivity contribution in [2.24, 2.45) is 10.9 Å². The van der Waals surface area contributed by atoms with Crippen molar-refractivity contribution in [1.82, 2.24) is 5.32 Å². The number of hydrogen-bond acceptors (Lipinski definition) is 3. The fourth-order valence-corrected chi connectivity index (χ4v) is 1.35. The molecule has 1 aromatic carbocycles. The molecular weight excluding hydrogens is 244 g/mol. The third kappa shape index (κ3) is 3.69. The molecule has 7 heteroatoms. The van der Waals surface area contributed by atoms with Crippen molar-refractivity contribution >= 4 is 11.7 Å². The summed E-state index contributed by atoms with van der Waals surface area (Å²) in [6.07, 6.45) is 0.145. The quantitative estimate of drug-likeness (QED) is 0.328. The molecule has 0 aliphatic rings. The molecule has 1 atom stereocenters. The Hall–Kier alpha value is -2.18. The Kier molecular flexibility index (Phi) is 4.59. The van der Waals surface area contributed by atoms with Crippen LogP contribution in [0.3, 0.4) is 0 Å². The van der Waals surface area contributed by atoms with Crippen LogP contribution in [0.1, 0.15) is 23.7 Å². The lowest BCUT2D eigenvalue weighted by Crippen LogP contribution is -2.35. The molecule has 0 saturated heterocycles. The van der Waals surface area contributed by atoms with Gasteiger partial charge >= 0.3 is 0 Å². The second kappa shape index (κ2) is 5.95. The molecule has 0 bridgehead atoms. The number of amidine groups is 1. The zero-order valence-corrected chi connectivity index (χ0v) is 9.65. The molecule has 0 spiro atoms. The van der Waals surface area contributed by atoms with Crippen LogP contribution >= 0.6 is 0 Å². The van der Waals surface area contributed by atoms with Gasteiger partial charge < -0.3 is 16.3 Å². The summed E-state index contributed by atoms with van der Waals surface area (Å²) in [4.78, 5) is 11.6. The van der Waals surface area contributed by atoms with Crippen molar-refractivity contribution < 1.29 is 18.8 Å². The van der Waals surface area contributed by atoms with E-state index in [-0.39, 0.29) is 17.8 Å². The highest BCUT2D eigenvalue weighted by atomic mass is 19.2. The average Bonchev–Trinajstić information content (AvgIpc) is 2.32. The van der Waals surface area contributed by atoms with Gasteiger partial charge in [-0.1, -0.05) is 5.16 Å². The fraction of sp³-hybridized carbons (Fsp3) is 0.273. The van der Waals surface area contributed by atoms with Gasteiger partial charge in [0, 0.05) is 18.0 Å². The molecule has 98 valence electrons. The third-order valence-corrected chi connectivity index (χ3v) is 2.20. The third-order valence-electron chi connectivity index (χ3n) is 2.20. The number of nitrogens with one attached hydrogen (secondary N) is 1. The number of nitrogens with zero attached hydrogens (tertiary/aromatic N) is 1. The van der Waals surface area contributed by atoms with Crippen LogP contribution in [-0.4, -0.2) is 23.0 Å². The zero-order chi connectivity index (χ0) is 13.7. The van der Waals surface area contributed by atoms with Crippen molar-refractivity contribution in [2.45, 2.75) is 19.4 Å². The number of halogens is 2. The number of carbonyl (C=O) groups is 1. The molecule has 0 radical (unpaired) electrons. The summed E-state index contributed by atoms with van der Waals surface area (Å²) >= 11 is 0. The van der Waals surface area contributed by atoms with Crippen LogP contribution in [0.25, 0.3) is 0 Å². The summed E-state index contributed by atoms with van der Waals surface area (Å²) in [6, 6.07) is 2.45. The highest BCUT2D eigenvalue weighted by molar-refractivity contribution is 5.94. The normalized spacial score (nSPS) is 13.2. The standard InChI is InChI=1S/C11H13F2N3O2/c1-6(4-10(14)16-18)15-11(17)7-2-3-8(12)9(13)5-7/h2-3,5-6,18H,4H2,1H3,(H2,14,16)(H,15,17). The summed E-state index contributed by atoms with van der Waals surface area (Å²) in [5.41, 5.74) is 5.27. The molecule has 0 saturated carbocycles. The van der Waals surface area contributed by atoms with Crippen LogP contribution in [0.4, 0.5) is 8.78 Å². The number of oxime groups is 1. The average molecular weight is 257 g/mol. The van der Waals surface area contributed by atoms with Crippen LogP contribution in [0, 0.1) is 11.6 Å². The lowest BCUT2D eigenvalue weighted by molar-refractivity contribution is 0.0940. The summed E-state index contributed by atoms with van der Waals surface area (Å²) in [6.45, 7) is 1.63. The Morgan fingerprint density at radius 3 is 2.72 bits per heavy atom. The van der Waals surface area contributed by atoms with Gasteiger partial charge in [0.05, 0.1) is 0 Å². The second-order valence-corrected chi connectivity index (χ2v) is 3.80. The van der Waals surface area contributed by atoms with E-state index < -0.39 is 23.6 Å². The fourth-order valence-electron chi connectivity index (χ4n) is 1.35. The van der Waals surface area contributed by atoms with Crippen LogP contribution in [0.5, 0.6) is 0 Å². The summed E-state index contributed by atoms with van der Waals surface area (Å²) in [7, 11) is 0. The van der Waals surface area contributed by atoms with E-state index in [1.165, 1.54) is 6.07 Å². The molecule has 18 heavy (non-hydrogen) atoms. The van der Waals surface area contributed by atoms with Gasteiger partial charge in [0.2, 0.25) is 0 Å². The van der Waals surface area contributed by atoms with Gasteiger partial charge in [0.25, 0.3) is 5.91 Å². The van der Waals surface area contributed by atoms with E-state index in [9.17, 15) is 13.6 Å². The molecule has 4 N–H and O–H groups in total. The topological polar surface area (TPSA) is 87.7 Å². The maximum Gasteiger partial charge on any atom is 0.251 e. The van der Waals surface area contributed by atoms with E-state index in [0.29, 0.717) is 0 Å². The van der Waals surface area contributed by atoms with Gasteiger partial charge in [0.1, 0.15) is 5.84 Å². The number of carbonyl (C=O) groups excluding carboxylic acids is 1. The molecule has 1 amide bonds. The van der Waals surface area contributed by atoms with E-state index >= 15 is 0 Å². The summed E-state index contributed by atoms with van der Waals surface area (Å²) in [5, 5.41) is 13.6. The molecule has 1 aromatic rings. The number of hydrogen-bond donors (Lipinski definition) is 3. The van der Waals surface area contributed by atoms with Gasteiger partial charge in [-0.25, -0.2) is 8.78 Å². The second-order valence-electron chi connectivity index (χ2n) is 3.80. The smallest absolute Gasteiger partial charge is 0.251 e. The monoisotopic (exact) mass is 257 g/mol. The van der Waals surface area contributed by atoms with Crippen molar-refractivity contribution in [1.29, 1.82) is 0 Å². The Morgan fingerprint density at radius 2 is 2.17 bits per heavy atom. The van der Waals surface area contributed by atoms with Crippen LogP contribution < -0.4 is 11.1 Å². The summed E-state index contributed by atoms with van der Waals surface area (Å²) < 4.78 is 25.6. The minimum atomic E-state index is -1.09. The van der Waals surface area contributed by atoms with Crippen molar-refractivity contribution in [2.75, 3.05) is 0 Å².